The molecule has 0 aliphatic carbocycles. The molecule has 0 aliphatic heterocycles. The van der Waals surface area contributed by atoms with Crippen LogP contribution in [0.2, 0.25) is 0 Å². The summed E-state index contributed by atoms with van der Waals surface area (Å²) in [5.74, 6) is 0.110. The molecule has 7 nitrogen and oxygen atoms in total. The molecule has 0 atom stereocenters. The van der Waals surface area contributed by atoms with E-state index in [0.29, 0.717) is 27.8 Å². The average Bonchev–Trinajstić information content (AvgIpc) is 2.80. The first-order valence-corrected chi connectivity index (χ1v) is 9.23. The maximum absolute atomic E-state index is 12.9. The smallest absolute Gasteiger partial charge is 0.292 e. The Morgan fingerprint density at radius 3 is 2.40 bits per heavy atom. The highest BCUT2D eigenvalue weighted by Crippen LogP contribution is 2.16. The zero-order valence-corrected chi connectivity index (χ0v) is 16.1. The number of benzene rings is 3. The zero-order chi connectivity index (χ0) is 20.9. The number of amides is 1. The lowest BCUT2D eigenvalue weighted by atomic mass is 10.1. The van der Waals surface area contributed by atoms with Crippen LogP contribution >= 0.6 is 0 Å². The Hall–Kier alpha value is -4.26. The van der Waals surface area contributed by atoms with Crippen molar-refractivity contribution in [1.29, 1.82) is 0 Å². The summed E-state index contributed by atoms with van der Waals surface area (Å²) in [5, 5.41) is 9.21. The first-order valence-electron chi connectivity index (χ1n) is 9.23. The molecule has 0 bridgehead atoms. The van der Waals surface area contributed by atoms with Crippen LogP contribution in [-0.2, 0) is 0 Å². The highest BCUT2D eigenvalue weighted by atomic mass is 16.5. The van der Waals surface area contributed by atoms with E-state index >= 15 is 0 Å². The van der Waals surface area contributed by atoms with E-state index < -0.39 is 5.91 Å². The minimum Gasteiger partial charge on any atom is -0.496 e. The summed E-state index contributed by atoms with van der Waals surface area (Å²) in [6.45, 7) is 0. The number of nitrogens with one attached hydrogen (secondary N) is 1. The molecule has 1 amide bonds. The number of nitrogens with zero attached hydrogens (tertiary/aromatic N) is 3. The third kappa shape index (κ3) is 3.68. The second kappa shape index (κ2) is 8.40. The topological polar surface area (TPSA) is 85.6 Å². The van der Waals surface area contributed by atoms with Crippen LogP contribution in [0.3, 0.4) is 0 Å². The van der Waals surface area contributed by atoms with Crippen molar-refractivity contribution in [3.05, 3.63) is 100 Å². The fourth-order valence-electron chi connectivity index (χ4n) is 3.09. The van der Waals surface area contributed by atoms with E-state index in [1.807, 2.05) is 24.3 Å². The second-order valence-corrected chi connectivity index (χ2v) is 6.39. The summed E-state index contributed by atoms with van der Waals surface area (Å²) in [6, 6.07) is 23.1. The summed E-state index contributed by atoms with van der Waals surface area (Å²) in [4.78, 5) is 25.8. The van der Waals surface area contributed by atoms with Crippen molar-refractivity contribution >= 4 is 22.9 Å². The maximum Gasteiger partial charge on any atom is 0.292 e. The van der Waals surface area contributed by atoms with Gasteiger partial charge in [0.1, 0.15) is 5.75 Å². The van der Waals surface area contributed by atoms with Gasteiger partial charge in [-0.15, -0.1) is 0 Å². The predicted octanol–water partition coefficient (Wildman–Crippen LogP) is 3.16. The van der Waals surface area contributed by atoms with Crippen LogP contribution in [0, 0.1) is 0 Å². The van der Waals surface area contributed by atoms with Crippen LogP contribution in [-0.4, -0.2) is 29.0 Å². The average molecular weight is 398 g/mol. The molecule has 0 unspecified atom stereocenters. The Morgan fingerprint density at radius 2 is 1.63 bits per heavy atom. The molecule has 1 N–H and O–H groups in total. The molecule has 0 aliphatic rings. The van der Waals surface area contributed by atoms with Crippen molar-refractivity contribution in [2.75, 3.05) is 7.11 Å². The third-order valence-electron chi connectivity index (χ3n) is 4.53. The Bertz CT molecular complexity index is 1300. The van der Waals surface area contributed by atoms with Crippen molar-refractivity contribution in [1.82, 2.24) is 15.2 Å². The molecular formula is C23H18N4O3. The molecule has 0 saturated heterocycles. The van der Waals surface area contributed by atoms with Crippen LogP contribution in [0.4, 0.5) is 0 Å². The molecule has 0 radical (unpaired) electrons. The van der Waals surface area contributed by atoms with Gasteiger partial charge in [0.25, 0.3) is 11.5 Å². The number of hydrogen-bond acceptors (Lipinski definition) is 5. The van der Waals surface area contributed by atoms with Gasteiger partial charge in [0.2, 0.25) is 0 Å². The van der Waals surface area contributed by atoms with E-state index in [2.05, 4.69) is 15.6 Å². The summed E-state index contributed by atoms with van der Waals surface area (Å²) < 4.78 is 6.49. The zero-order valence-electron chi connectivity index (χ0n) is 16.1. The number of hydrogen-bond donors (Lipinski definition) is 1. The number of ether oxygens (including phenoxy) is 1. The number of para-hydroxylation sites is 2. The van der Waals surface area contributed by atoms with Crippen molar-refractivity contribution in [2.45, 2.75) is 0 Å². The Morgan fingerprint density at radius 1 is 0.967 bits per heavy atom. The van der Waals surface area contributed by atoms with Crippen molar-refractivity contribution < 1.29 is 9.53 Å². The monoisotopic (exact) mass is 398 g/mol. The Balaban J connectivity index is 1.73. The first kappa shape index (κ1) is 19.1. The van der Waals surface area contributed by atoms with Gasteiger partial charge in [-0.2, -0.15) is 14.9 Å². The molecule has 4 aromatic rings. The molecule has 7 heteroatoms. The van der Waals surface area contributed by atoms with Crippen LogP contribution in [0.15, 0.2) is 88.8 Å². The fourth-order valence-corrected chi connectivity index (χ4v) is 3.09. The van der Waals surface area contributed by atoms with Gasteiger partial charge in [-0.3, -0.25) is 9.59 Å². The maximum atomic E-state index is 12.9. The van der Waals surface area contributed by atoms with E-state index in [4.69, 9.17) is 4.74 Å². The van der Waals surface area contributed by atoms with Crippen LogP contribution < -0.4 is 15.7 Å². The minimum atomic E-state index is -0.526. The van der Waals surface area contributed by atoms with Crippen LogP contribution in [0.25, 0.3) is 16.5 Å². The molecular weight excluding hydrogens is 380 g/mol. The minimum absolute atomic E-state index is 0.103. The van der Waals surface area contributed by atoms with Gasteiger partial charge < -0.3 is 4.74 Å². The SMILES string of the molecule is COc1ccccc1/C=N\NC(=O)c1nn(-c2ccccc2)c(=O)c2ccccc12. The number of hydrazone groups is 1. The fraction of sp³-hybridized carbons (Fsp3) is 0.0435. The molecule has 0 fully saturated rings. The van der Waals surface area contributed by atoms with Crippen molar-refractivity contribution in [3.63, 3.8) is 0 Å². The molecule has 4 rings (SSSR count). The van der Waals surface area contributed by atoms with Gasteiger partial charge in [0.05, 0.1) is 24.4 Å². The lowest BCUT2D eigenvalue weighted by molar-refractivity contribution is 0.0950. The molecule has 1 aromatic heterocycles. The highest BCUT2D eigenvalue weighted by Gasteiger charge is 2.17. The number of carbonyl (C=O) groups excluding carboxylic acids is 1. The Labute approximate surface area is 172 Å². The summed E-state index contributed by atoms with van der Waals surface area (Å²) >= 11 is 0. The highest BCUT2D eigenvalue weighted by molar-refractivity contribution is 6.05. The van der Waals surface area contributed by atoms with Gasteiger partial charge in [-0.05, 0) is 30.3 Å². The molecule has 0 spiro atoms. The summed E-state index contributed by atoms with van der Waals surface area (Å²) in [6.07, 6.45) is 1.49. The molecule has 0 saturated carbocycles. The number of methoxy groups -OCH3 is 1. The van der Waals surface area contributed by atoms with E-state index in [-0.39, 0.29) is 11.3 Å². The predicted molar refractivity (Wildman–Crippen MR) is 115 cm³/mol. The van der Waals surface area contributed by atoms with Gasteiger partial charge >= 0.3 is 0 Å². The van der Waals surface area contributed by atoms with E-state index in [9.17, 15) is 9.59 Å². The van der Waals surface area contributed by atoms with Crippen LogP contribution in [0.5, 0.6) is 5.75 Å². The van der Waals surface area contributed by atoms with Gasteiger partial charge in [0, 0.05) is 10.9 Å². The lowest BCUT2D eigenvalue weighted by Gasteiger charge is -2.10. The lowest BCUT2D eigenvalue weighted by Crippen LogP contribution is -2.28. The van der Waals surface area contributed by atoms with Gasteiger partial charge in [-0.25, -0.2) is 5.43 Å². The molecule has 1 heterocycles. The summed E-state index contributed by atoms with van der Waals surface area (Å²) in [7, 11) is 1.56. The van der Waals surface area contributed by atoms with Crippen LogP contribution in [0.1, 0.15) is 16.1 Å². The second-order valence-electron chi connectivity index (χ2n) is 6.39. The molecule has 30 heavy (non-hydrogen) atoms. The number of carbonyl (C=O) groups is 1. The standard InChI is InChI=1S/C23H18N4O3/c1-30-20-14-8-5-9-16(20)15-24-25-22(28)21-18-12-6-7-13-19(18)23(29)27(26-21)17-10-3-2-4-11-17/h2-15H,1H3,(H,25,28)/b24-15-. The largest absolute Gasteiger partial charge is 0.496 e. The van der Waals surface area contributed by atoms with Crippen molar-refractivity contribution in [3.8, 4) is 11.4 Å². The molecule has 148 valence electrons. The van der Waals surface area contributed by atoms with E-state index in [1.54, 1.807) is 61.7 Å². The number of fused-ring (bicyclic) bond motifs is 1. The van der Waals surface area contributed by atoms with E-state index in [0.717, 1.165) is 0 Å². The first-order chi connectivity index (χ1) is 14.7. The molecule has 3 aromatic carbocycles. The number of rotatable bonds is 5. The third-order valence-corrected chi connectivity index (χ3v) is 4.53. The number of aromatic nitrogens is 2. The Kier molecular flexibility index (Phi) is 5.34. The summed E-state index contributed by atoms with van der Waals surface area (Å²) in [5.41, 5.74) is 3.57. The van der Waals surface area contributed by atoms with Crippen molar-refractivity contribution in [2.24, 2.45) is 5.10 Å². The van der Waals surface area contributed by atoms with Gasteiger partial charge in [-0.1, -0.05) is 48.5 Å². The van der Waals surface area contributed by atoms with Gasteiger partial charge in [0.15, 0.2) is 5.69 Å². The quantitative estimate of drug-likeness (QED) is 0.413. The van der Waals surface area contributed by atoms with E-state index in [1.165, 1.54) is 10.9 Å². The normalized spacial score (nSPS) is 11.0.